The van der Waals surface area contributed by atoms with Crippen molar-refractivity contribution >= 4 is 28.5 Å². The molecule has 1 aromatic heterocycles. The average Bonchev–Trinajstić information content (AvgIpc) is 2.95. The monoisotopic (exact) mass is 297 g/mol. The van der Waals surface area contributed by atoms with Crippen LogP contribution in [0.3, 0.4) is 0 Å². The Labute approximate surface area is 121 Å². The van der Waals surface area contributed by atoms with E-state index in [0.717, 1.165) is 12.1 Å². The fourth-order valence-electron chi connectivity index (χ4n) is 2.11. The number of aromatic nitrogens is 1. The number of aliphatic carboxylic acids is 1. The second-order valence-electron chi connectivity index (χ2n) is 5.91. The van der Waals surface area contributed by atoms with Gasteiger partial charge in [-0.15, -0.1) is 11.3 Å². The number of urea groups is 1. The van der Waals surface area contributed by atoms with E-state index in [1.54, 1.807) is 0 Å². The Bertz CT molecular complexity index is 521. The van der Waals surface area contributed by atoms with Crippen molar-refractivity contribution in [1.29, 1.82) is 0 Å². The molecule has 20 heavy (non-hydrogen) atoms. The van der Waals surface area contributed by atoms with E-state index in [-0.39, 0.29) is 11.4 Å². The highest BCUT2D eigenvalue weighted by Gasteiger charge is 2.34. The molecule has 0 bridgehead atoms. The zero-order valence-electron chi connectivity index (χ0n) is 11.8. The van der Waals surface area contributed by atoms with Crippen LogP contribution in [0, 0.1) is 0 Å². The van der Waals surface area contributed by atoms with Crippen LogP contribution in [0.25, 0.3) is 0 Å². The summed E-state index contributed by atoms with van der Waals surface area (Å²) < 4.78 is 0. The Hall–Kier alpha value is -1.63. The summed E-state index contributed by atoms with van der Waals surface area (Å²) in [5.41, 5.74) is 0.838. The average molecular weight is 297 g/mol. The molecule has 7 heteroatoms. The first-order valence-corrected chi connectivity index (χ1v) is 7.43. The lowest BCUT2D eigenvalue weighted by Gasteiger charge is -2.21. The van der Waals surface area contributed by atoms with Gasteiger partial charge in [-0.25, -0.2) is 14.6 Å². The van der Waals surface area contributed by atoms with Crippen LogP contribution in [0.5, 0.6) is 0 Å². The van der Waals surface area contributed by atoms with Crippen LogP contribution < -0.4 is 5.32 Å². The van der Waals surface area contributed by atoms with Gasteiger partial charge in [0.25, 0.3) is 0 Å². The number of anilines is 1. The van der Waals surface area contributed by atoms with Gasteiger partial charge < -0.3 is 10.0 Å². The first-order chi connectivity index (χ1) is 9.29. The van der Waals surface area contributed by atoms with Gasteiger partial charge in [0.05, 0.1) is 5.69 Å². The molecule has 2 amide bonds. The molecule has 1 fully saturated rings. The quantitative estimate of drug-likeness (QED) is 0.878. The van der Waals surface area contributed by atoms with Crippen LogP contribution in [0.15, 0.2) is 5.38 Å². The number of carbonyl (C=O) groups is 2. The molecule has 2 rings (SSSR count). The minimum Gasteiger partial charge on any atom is -0.480 e. The summed E-state index contributed by atoms with van der Waals surface area (Å²) in [6.07, 6.45) is 1.23. The number of nitrogens with zero attached hydrogens (tertiary/aromatic N) is 2. The van der Waals surface area contributed by atoms with E-state index in [4.69, 9.17) is 5.11 Å². The van der Waals surface area contributed by atoms with E-state index in [1.165, 1.54) is 16.2 Å². The van der Waals surface area contributed by atoms with E-state index in [2.05, 4.69) is 31.1 Å². The lowest BCUT2D eigenvalue weighted by molar-refractivity contribution is -0.141. The van der Waals surface area contributed by atoms with Crippen LogP contribution in [0.4, 0.5) is 9.93 Å². The molecule has 0 aliphatic carbocycles. The zero-order valence-corrected chi connectivity index (χ0v) is 12.7. The van der Waals surface area contributed by atoms with Gasteiger partial charge in [-0.05, 0) is 12.8 Å². The third-order valence-electron chi connectivity index (χ3n) is 3.29. The fraction of sp³-hybridized carbons (Fsp3) is 0.615. The maximum Gasteiger partial charge on any atom is 0.326 e. The molecule has 2 N–H and O–H groups in total. The highest BCUT2D eigenvalue weighted by molar-refractivity contribution is 7.13. The van der Waals surface area contributed by atoms with Crippen LogP contribution in [-0.2, 0) is 10.2 Å². The van der Waals surface area contributed by atoms with E-state index < -0.39 is 12.0 Å². The fourth-order valence-corrected chi connectivity index (χ4v) is 3.03. The van der Waals surface area contributed by atoms with Gasteiger partial charge in [-0.2, -0.15) is 0 Å². The summed E-state index contributed by atoms with van der Waals surface area (Å²) in [6, 6.07) is -1.11. The Morgan fingerprint density at radius 2 is 2.20 bits per heavy atom. The highest BCUT2D eigenvalue weighted by Crippen LogP contribution is 2.27. The van der Waals surface area contributed by atoms with Crippen molar-refractivity contribution < 1.29 is 14.7 Å². The summed E-state index contributed by atoms with van der Waals surface area (Å²) in [5.74, 6) is -0.952. The van der Waals surface area contributed by atoms with E-state index >= 15 is 0 Å². The van der Waals surface area contributed by atoms with E-state index in [1.807, 2.05) is 5.38 Å². The third kappa shape index (κ3) is 3.09. The molecule has 0 radical (unpaired) electrons. The molecule has 1 atom stereocenters. The number of hydrogen-bond donors (Lipinski definition) is 2. The van der Waals surface area contributed by atoms with Crippen molar-refractivity contribution in [3.05, 3.63) is 11.1 Å². The van der Waals surface area contributed by atoms with Crippen molar-refractivity contribution in [2.24, 2.45) is 0 Å². The number of nitrogens with one attached hydrogen (secondary N) is 1. The summed E-state index contributed by atoms with van der Waals surface area (Å²) in [7, 11) is 0. The van der Waals surface area contributed by atoms with Gasteiger partial charge in [-0.3, -0.25) is 5.32 Å². The molecule has 1 aliphatic rings. The van der Waals surface area contributed by atoms with Crippen LogP contribution in [-0.4, -0.2) is 39.6 Å². The maximum absolute atomic E-state index is 12.1. The van der Waals surface area contributed by atoms with E-state index in [0.29, 0.717) is 18.1 Å². The number of rotatable bonds is 2. The summed E-state index contributed by atoms with van der Waals surface area (Å²) >= 11 is 1.36. The van der Waals surface area contributed by atoms with Crippen molar-refractivity contribution in [3.63, 3.8) is 0 Å². The topological polar surface area (TPSA) is 82.5 Å². The SMILES string of the molecule is CC(C)(C)c1csc(NC(=O)N2CCC[C@H]2C(=O)O)n1. The van der Waals surface area contributed by atoms with Gasteiger partial charge >= 0.3 is 12.0 Å². The minimum absolute atomic E-state index is 0.0727. The van der Waals surface area contributed by atoms with Crippen molar-refractivity contribution in [2.75, 3.05) is 11.9 Å². The number of thiazole rings is 1. The summed E-state index contributed by atoms with van der Waals surface area (Å²) in [5, 5.41) is 14.2. The number of hydrogen-bond acceptors (Lipinski definition) is 4. The smallest absolute Gasteiger partial charge is 0.326 e. The molecule has 6 nitrogen and oxygen atoms in total. The normalized spacial score (nSPS) is 19.1. The minimum atomic E-state index is -0.952. The molecule has 0 unspecified atom stereocenters. The second kappa shape index (κ2) is 5.40. The molecule has 110 valence electrons. The second-order valence-corrected chi connectivity index (χ2v) is 6.77. The van der Waals surface area contributed by atoms with Gasteiger partial charge in [0.15, 0.2) is 5.13 Å². The number of amides is 2. The molecule has 2 heterocycles. The summed E-state index contributed by atoms with van der Waals surface area (Å²) in [6.45, 7) is 6.62. The predicted molar refractivity (Wildman–Crippen MR) is 77.2 cm³/mol. The first-order valence-electron chi connectivity index (χ1n) is 6.55. The Kier molecular flexibility index (Phi) is 3.99. The number of likely N-dealkylation sites (tertiary alicyclic amines) is 1. The largest absolute Gasteiger partial charge is 0.480 e. The Morgan fingerprint density at radius 3 is 2.75 bits per heavy atom. The first kappa shape index (κ1) is 14.8. The van der Waals surface area contributed by atoms with Gasteiger partial charge in [0.1, 0.15) is 6.04 Å². The van der Waals surface area contributed by atoms with Crippen LogP contribution in [0.1, 0.15) is 39.3 Å². The van der Waals surface area contributed by atoms with Crippen LogP contribution in [0.2, 0.25) is 0 Å². The predicted octanol–water partition coefficient (Wildman–Crippen LogP) is 2.52. The molecular formula is C13H19N3O3S. The number of carboxylic acids is 1. The zero-order chi connectivity index (χ0) is 14.9. The number of carboxylic acid groups (broad SMARTS) is 1. The lowest BCUT2D eigenvalue weighted by Crippen LogP contribution is -2.42. The van der Waals surface area contributed by atoms with Crippen molar-refractivity contribution in [1.82, 2.24) is 9.88 Å². The standard InChI is InChI=1S/C13H19N3O3S/c1-13(2,3)9-7-20-11(14-9)15-12(19)16-6-4-5-8(16)10(17)18/h7-8H,4-6H2,1-3H3,(H,17,18)(H,14,15,19)/t8-/m0/s1. The maximum atomic E-state index is 12.1. The van der Waals surface area contributed by atoms with Crippen molar-refractivity contribution in [3.8, 4) is 0 Å². The number of carbonyl (C=O) groups excluding carboxylic acids is 1. The molecule has 0 saturated carbocycles. The van der Waals surface area contributed by atoms with E-state index in [9.17, 15) is 9.59 Å². The molecule has 1 aliphatic heterocycles. The Morgan fingerprint density at radius 1 is 1.50 bits per heavy atom. The molecule has 0 aromatic carbocycles. The van der Waals surface area contributed by atoms with Crippen LogP contribution >= 0.6 is 11.3 Å². The molecular weight excluding hydrogens is 278 g/mol. The van der Waals surface area contributed by atoms with Gasteiger partial charge in [0.2, 0.25) is 0 Å². The summed E-state index contributed by atoms with van der Waals surface area (Å²) in [4.78, 5) is 28.9. The van der Waals surface area contributed by atoms with Gasteiger partial charge in [-0.1, -0.05) is 20.8 Å². The molecule has 1 saturated heterocycles. The van der Waals surface area contributed by atoms with Crippen molar-refractivity contribution in [2.45, 2.75) is 45.1 Å². The highest BCUT2D eigenvalue weighted by atomic mass is 32.1. The lowest BCUT2D eigenvalue weighted by atomic mass is 9.93. The third-order valence-corrected chi connectivity index (χ3v) is 4.04. The molecule has 1 aromatic rings. The molecule has 0 spiro atoms. The van der Waals surface area contributed by atoms with Gasteiger partial charge in [0, 0.05) is 17.3 Å². The Balaban J connectivity index is 2.05.